The van der Waals surface area contributed by atoms with Crippen LogP contribution >= 0.6 is 11.8 Å². The molecule has 0 spiro atoms. The van der Waals surface area contributed by atoms with Crippen LogP contribution in [0.1, 0.15) is 0 Å². The number of ether oxygens (including phenoxy) is 2. The normalized spacial score (nSPS) is 22.8. The van der Waals surface area contributed by atoms with Crippen molar-refractivity contribution in [3.8, 4) is 0 Å². The summed E-state index contributed by atoms with van der Waals surface area (Å²) in [4.78, 5) is 11.7. The first-order valence-electron chi connectivity index (χ1n) is 5.38. The lowest BCUT2D eigenvalue weighted by Gasteiger charge is -2.23. The summed E-state index contributed by atoms with van der Waals surface area (Å²) in [7, 11) is 3.23. The zero-order valence-corrected chi connectivity index (χ0v) is 10.6. The van der Waals surface area contributed by atoms with E-state index in [1.54, 1.807) is 26.0 Å². The highest BCUT2D eigenvalue weighted by Crippen LogP contribution is 2.07. The second kappa shape index (κ2) is 7.89. The molecule has 2 unspecified atom stereocenters. The molecule has 1 amide bonds. The number of hydrogen-bond donors (Lipinski definition) is 2. The molecule has 1 heterocycles. The third-order valence-electron chi connectivity index (χ3n) is 2.43. The zero-order valence-electron chi connectivity index (χ0n) is 9.82. The van der Waals surface area contributed by atoms with Crippen LogP contribution < -0.4 is 10.6 Å². The van der Waals surface area contributed by atoms with E-state index >= 15 is 0 Å². The number of rotatable bonds is 6. The van der Waals surface area contributed by atoms with Gasteiger partial charge >= 0.3 is 0 Å². The molecular formula is C10H20N2O3S. The molecule has 1 fully saturated rings. The van der Waals surface area contributed by atoms with E-state index in [2.05, 4.69) is 10.6 Å². The summed E-state index contributed by atoms with van der Waals surface area (Å²) >= 11 is 1.80. The van der Waals surface area contributed by atoms with E-state index in [1.165, 1.54) is 0 Å². The molecule has 0 saturated carbocycles. The Morgan fingerprint density at radius 3 is 3.00 bits per heavy atom. The highest BCUT2D eigenvalue weighted by Gasteiger charge is 2.21. The number of carbonyl (C=O) groups excluding carboxylic acids is 1. The molecule has 0 radical (unpaired) electrons. The van der Waals surface area contributed by atoms with Crippen LogP contribution in [0.5, 0.6) is 0 Å². The van der Waals surface area contributed by atoms with Gasteiger partial charge in [-0.15, -0.1) is 0 Å². The minimum absolute atomic E-state index is 0.0466. The molecule has 0 aromatic rings. The van der Waals surface area contributed by atoms with E-state index < -0.39 is 0 Å². The van der Waals surface area contributed by atoms with Gasteiger partial charge in [-0.3, -0.25) is 4.79 Å². The van der Waals surface area contributed by atoms with Crippen molar-refractivity contribution in [2.24, 2.45) is 0 Å². The summed E-state index contributed by atoms with van der Waals surface area (Å²) in [5.41, 5.74) is 0. The lowest BCUT2D eigenvalue weighted by molar-refractivity contribution is -0.123. The molecule has 0 aliphatic carbocycles. The Balaban J connectivity index is 2.22. The van der Waals surface area contributed by atoms with Crippen LogP contribution in [0.25, 0.3) is 0 Å². The number of thioether (sulfide) groups is 1. The maximum atomic E-state index is 11.7. The average Bonchev–Trinajstić information content (AvgIpc) is 2.35. The van der Waals surface area contributed by atoms with Crippen LogP contribution in [0.2, 0.25) is 0 Å². The molecule has 1 aliphatic heterocycles. The molecule has 1 saturated heterocycles. The highest BCUT2D eigenvalue weighted by atomic mass is 32.2. The maximum absolute atomic E-state index is 11.7. The fraction of sp³-hybridized carbons (Fsp3) is 0.900. The van der Waals surface area contributed by atoms with Crippen molar-refractivity contribution in [3.63, 3.8) is 0 Å². The lowest BCUT2D eigenvalue weighted by Crippen LogP contribution is -2.50. The van der Waals surface area contributed by atoms with Gasteiger partial charge in [0.2, 0.25) is 5.91 Å². The van der Waals surface area contributed by atoms with E-state index in [1.807, 2.05) is 0 Å². The molecule has 0 aromatic heterocycles. The Bertz CT molecular complexity index is 210. The van der Waals surface area contributed by atoms with Crippen LogP contribution in [0.3, 0.4) is 0 Å². The quantitative estimate of drug-likeness (QED) is 0.662. The maximum Gasteiger partial charge on any atom is 0.238 e. The fourth-order valence-corrected chi connectivity index (χ4v) is 2.40. The van der Waals surface area contributed by atoms with Gasteiger partial charge in [0.05, 0.1) is 18.8 Å². The second-order valence-electron chi connectivity index (χ2n) is 3.64. The van der Waals surface area contributed by atoms with E-state index in [9.17, 15) is 4.79 Å². The van der Waals surface area contributed by atoms with Gasteiger partial charge in [0.25, 0.3) is 0 Å². The second-order valence-corrected chi connectivity index (χ2v) is 4.79. The lowest BCUT2D eigenvalue weighted by atomic mass is 10.3. The van der Waals surface area contributed by atoms with Crippen LogP contribution in [0.4, 0.5) is 0 Å². The van der Waals surface area contributed by atoms with Crippen LogP contribution in [0, 0.1) is 0 Å². The molecule has 2 N–H and O–H groups in total. The summed E-state index contributed by atoms with van der Waals surface area (Å²) < 4.78 is 10.1. The van der Waals surface area contributed by atoms with Crippen LogP contribution in [-0.4, -0.2) is 63.5 Å². The molecule has 1 rings (SSSR count). The Kier molecular flexibility index (Phi) is 6.79. The van der Waals surface area contributed by atoms with Gasteiger partial charge in [0.1, 0.15) is 0 Å². The predicted molar refractivity (Wildman–Crippen MR) is 64.8 cm³/mol. The smallest absolute Gasteiger partial charge is 0.238 e. The van der Waals surface area contributed by atoms with Gasteiger partial charge in [-0.25, -0.2) is 0 Å². The third-order valence-corrected chi connectivity index (χ3v) is 3.49. The van der Waals surface area contributed by atoms with Gasteiger partial charge in [-0.2, -0.15) is 11.8 Å². The zero-order chi connectivity index (χ0) is 11.8. The topological polar surface area (TPSA) is 59.6 Å². The minimum atomic E-state index is -0.0785. The number of amides is 1. The van der Waals surface area contributed by atoms with Crippen LogP contribution in [0.15, 0.2) is 0 Å². The number of carbonyl (C=O) groups is 1. The van der Waals surface area contributed by atoms with Crippen molar-refractivity contribution in [2.75, 3.05) is 45.4 Å². The van der Waals surface area contributed by atoms with Gasteiger partial charge in [0.15, 0.2) is 0 Å². The average molecular weight is 248 g/mol. The first kappa shape index (κ1) is 13.8. The first-order chi connectivity index (χ1) is 7.77. The molecule has 94 valence electrons. The van der Waals surface area contributed by atoms with Gasteiger partial charge in [-0.05, 0) is 0 Å². The number of methoxy groups -OCH3 is 2. The molecule has 0 aromatic carbocycles. The Hall–Kier alpha value is -0.300. The fourth-order valence-electron chi connectivity index (χ4n) is 1.47. The largest absolute Gasteiger partial charge is 0.382 e. The molecule has 5 nitrogen and oxygen atoms in total. The number of nitrogens with one attached hydrogen (secondary N) is 2. The Morgan fingerprint density at radius 1 is 1.62 bits per heavy atom. The molecule has 1 aliphatic rings. The van der Waals surface area contributed by atoms with Crippen molar-refractivity contribution in [2.45, 2.75) is 12.1 Å². The van der Waals surface area contributed by atoms with E-state index in [0.29, 0.717) is 13.2 Å². The van der Waals surface area contributed by atoms with Gasteiger partial charge in [-0.1, -0.05) is 0 Å². The molecule has 2 atom stereocenters. The monoisotopic (exact) mass is 248 g/mol. The van der Waals surface area contributed by atoms with Gasteiger partial charge in [0, 0.05) is 38.8 Å². The van der Waals surface area contributed by atoms with Crippen molar-refractivity contribution >= 4 is 17.7 Å². The molecule has 0 bridgehead atoms. The summed E-state index contributed by atoms with van der Waals surface area (Å²) in [6, 6.07) is -0.0706. The van der Waals surface area contributed by atoms with Crippen molar-refractivity contribution in [1.29, 1.82) is 0 Å². The Morgan fingerprint density at radius 2 is 2.44 bits per heavy atom. The summed E-state index contributed by atoms with van der Waals surface area (Å²) in [6.07, 6.45) is -0.0785. The minimum Gasteiger partial charge on any atom is -0.382 e. The third kappa shape index (κ3) is 4.69. The van der Waals surface area contributed by atoms with E-state index in [0.717, 1.165) is 18.1 Å². The summed E-state index contributed by atoms with van der Waals surface area (Å²) in [6.45, 7) is 1.88. The predicted octanol–water partition coefficient (Wildman–Crippen LogP) is -0.531. The molecular weight excluding hydrogens is 228 g/mol. The van der Waals surface area contributed by atoms with Crippen molar-refractivity contribution < 1.29 is 14.3 Å². The molecule has 16 heavy (non-hydrogen) atoms. The number of hydrogen-bond acceptors (Lipinski definition) is 5. The van der Waals surface area contributed by atoms with Crippen molar-refractivity contribution in [3.05, 3.63) is 0 Å². The highest BCUT2D eigenvalue weighted by molar-refractivity contribution is 7.99. The summed E-state index contributed by atoms with van der Waals surface area (Å²) in [5, 5.41) is 6.06. The van der Waals surface area contributed by atoms with E-state index in [-0.39, 0.29) is 18.1 Å². The Labute approximate surface area is 101 Å². The first-order valence-corrected chi connectivity index (χ1v) is 6.54. The van der Waals surface area contributed by atoms with Gasteiger partial charge < -0.3 is 20.1 Å². The standard InChI is InChI=1S/C10H20N2O3S/c1-14-6-8(15-2)5-12-10(13)9-7-16-4-3-11-9/h8-9,11H,3-7H2,1-2H3,(H,12,13). The SMILES string of the molecule is COCC(CNC(=O)C1CSCCN1)OC. The molecule has 6 heteroatoms. The van der Waals surface area contributed by atoms with Crippen LogP contribution in [-0.2, 0) is 14.3 Å². The summed E-state index contributed by atoms with van der Waals surface area (Å²) in [5.74, 6) is 1.97. The van der Waals surface area contributed by atoms with E-state index in [4.69, 9.17) is 9.47 Å². The van der Waals surface area contributed by atoms with Crippen molar-refractivity contribution in [1.82, 2.24) is 10.6 Å².